The molecule has 0 aliphatic carbocycles. The number of alkyl halides is 1. The quantitative estimate of drug-likeness (QED) is 0.787. The molecule has 0 aliphatic heterocycles. The molecule has 1 aromatic carbocycles. The molecule has 0 spiro atoms. The zero-order chi connectivity index (χ0) is 13.7. The van der Waals surface area contributed by atoms with Crippen molar-refractivity contribution >= 4 is 17.3 Å². The number of anilines is 1. The average Bonchev–Trinajstić information content (AvgIpc) is 2.30. The lowest BCUT2D eigenvalue weighted by Crippen LogP contribution is -2.21. The van der Waals surface area contributed by atoms with E-state index in [9.17, 15) is 13.9 Å². The van der Waals surface area contributed by atoms with Crippen molar-refractivity contribution in [2.24, 2.45) is 0 Å². The topological polar surface area (TPSA) is 41.5 Å². The first kappa shape index (κ1) is 15.0. The van der Waals surface area contributed by atoms with Gasteiger partial charge in [-0.15, -0.1) is 11.6 Å². The lowest BCUT2D eigenvalue weighted by molar-refractivity contribution is 0.211. The Balaban J connectivity index is 2.79. The van der Waals surface area contributed by atoms with Crippen LogP contribution >= 0.6 is 11.6 Å². The van der Waals surface area contributed by atoms with Crippen LogP contribution in [-0.2, 0) is 0 Å². The van der Waals surface area contributed by atoms with Crippen LogP contribution in [0.25, 0.3) is 0 Å². The molecule has 0 bridgehead atoms. The molecule has 1 aromatic rings. The van der Waals surface area contributed by atoms with Crippen LogP contribution in [0, 0.1) is 11.6 Å². The Hall–Kier alpha value is -1.07. The molecule has 18 heavy (non-hydrogen) atoms. The lowest BCUT2D eigenvalue weighted by atomic mass is 10.2. The number of ether oxygens (including phenoxy) is 1. The standard InChI is InChI=1S/C12H16ClF2NO2/c1-7(2)18-12-10(14)3-8(4-11(12)15)16-6-9(17)5-13/h3-4,7,9,16-17H,5-6H2,1-2H3. The smallest absolute Gasteiger partial charge is 0.191 e. The normalized spacial score (nSPS) is 12.6. The first-order valence-electron chi connectivity index (χ1n) is 5.57. The Morgan fingerprint density at radius 2 is 1.89 bits per heavy atom. The summed E-state index contributed by atoms with van der Waals surface area (Å²) in [6.07, 6.45) is -1.09. The van der Waals surface area contributed by atoms with Crippen LogP contribution in [0.4, 0.5) is 14.5 Å². The Kier molecular flexibility index (Phi) is 5.62. The van der Waals surface area contributed by atoms with Gasteiger partial charge in [-0.1, -0.05) is 0 Å². The van der Waals surface area contributed by atoms with Gasteiger partial charge in [0.25, 0.3) is 0 Å². The van der Waals surface area contributed by atoms with Gasteiger partial charge < -0.3 is 15.2 Å². The monoisotopic (exact) mass is 279 g/mol. The highest BCUT2D eigenvalue weighted by Crippen LogP contribution is 2.26. The van der Waals surface area contributed by atoms with Crippen LogP contribution in [0.1, 0.15) is 13.8 Å². The second kappa shape index (κ2) is 6.75. The molecule has 102 valence electrons. The molecule has 0 fully saturated rings. The molecule has 0 aromatic heterocycles. The summed E-state index contributed by atoms with van der Waals surface area (Å²) in [7, 11) is 0. The fraction of sp³-hybridized carbons (Fsp3) is 0.500. The third-order valence-corrected chi connectivity index (χ3v) is 2.43. The summed E-state index contributed by atoms with van der Waals surface area (Å²) in [5.41, 5.74) is 0.227. The molecule has 0 saturated carbocycles. The van der Waals surface area contributed by atoms with Crippen LogP contribution in [0.2, 0.25) is 0 Å². The van der Waals surface area contributed by atoms with E-state index < -0.39 is 23.5 Å². The first-order valence-corrected chi connectivity index (χ1v) is 6.11. The maximum atomic E-state index is 13.6. The lowest BCUT2D eigenvalue weighted by Gasteiger charge is -2.14. The largest absolute Gasteiger partial charge is 0.485 e. The van der Waals surface area contributed by atoms with Gasteiger partial charge in [0.15, 0.2) is 17.4 Å². The summed E-state index contributed by atoms with van der Waals surface area (Å²) in [5.74, 6) is -1.92. The predicted octanol–water partition coefficient (Wildman–Crippen LogP) is 2.76. The minimum atomic E-state index is -0.786. The van der Waals surface area contributed by atoms with Crippen molar-refractivity contribution < 1.29 is 18.6 Å². The van der Waals surface area contributed by atoms with E-state index in [1.54, 1.807) is 13.8 Å². The van der Waals surface area contributed by atoms with Gasteiger partial charge in [0.05, 0.1) is 18.1 Å². The Morgan fingerprint density at radius 1 is 1.33 bits per heavy atom. The molecule has 0 saturated heterocycles. The molecule has 0 amide bonds. The second-order valence-electron chi connectivity index (χ2n) is 4.12. The van der Waals surface area contributed by atoms with Gasteiger partial charge in [-0.2, -0.15) is 0 Å². The number of rotatable bonds is 6. The van der Waals surface area contributed by atoms with Crippen LogP contribution in [0.15, 0.2) is 12.1 Å². The van der Waals surface area contributed by atoms with Gasteiger partial charge in [-0.05, 0) is 13.8 Å². The Labute approximate surface area is 110 Å². The molecule has 1 atom stereocenters. The van der Waals surface area contributed by atoms with Crippen molar-refractivity contribution in [2.75, 3.05) is 17.7 Å². The number of aliphatic hydroxyl groups is 1. The maximum absolute atomic E-state index is 13.6. The summed E-state index contributed by atoms with van der Waals surface area (Å²) < 4.78 is 32.2. The molecule has 0 heterocycles. The van der Waals surface area contributed by atoms with Crippen LogP contribution in [-0.4, -0.2) is 29.7 Å². The number of benzene rings is 1. The van der Waals surface area contributed by atoms with E-state index in [1.165, 1.54) is 0 Å². The van der Waals surface area contributed by atoms with E-state index in [4.69, 9.17) is 16.3 Å². The molecular formula is C12H16ClF2NO2. The van der Waals surface area contributed by atoms with Crippen molar-refractivity contribution in [1.29, 1.82) is 0 Å². The minimum Gasteiger partial charge on any atom is -0.485 e. The number of nitrogens with one attached hydrogen (secondary N) is 1. The highest BCUT2D eigenvalue weighted by molar-refractivity contribution is 6.18. The van der Waals surface area contributed by atoms with Crippen molar-refractivity contribution in [3.8, 4) is 5.75 Å². The molecule has 0 aliphatic rings. The fourth-order valence-electron chi connectivity index (χ4n) is 1.30. The van der Waals surface area contributed by atoms with E-state index in [0.29, 0.717) is 0 Å². The first-order chi connectivity index (χ1) is 8.43. The molecular weight excluding hydrogens is 264 g/mol. The predicted molar refractivity (Wildman–Crippen MR) is 67.3 cm³/mol. The molecule has 1 rings (SSSR count). The minimum absolute atomic E-state index is 0.0481. The van der Waals surface area contributed by atoms with Crippen molar-refractivity contribution in [3.05, 3.63) is 23.8 Å². The van der Waals surface area contributed by atoms with Gasteiger partial charge in [-0.25, -0.2) is 8.78 Å². The highest BCUT2D eigenvalue weighted by atomic mass is 35.5. The van der Waals surface area contributed by atoms with Crippen LogP contribution in [0.3, 0.4) is 0 Å². The summed E-state index contributed by atoms with van der Waals surface area (Å²) in [5, 5.41) is 11.9. The highest BCUT2D eigenvalue weighted by Gasteiger charge is 2.14. The molecule has 3 nitrogen and oxygen atoms in total. The van der Waals surface area contributed by atoms with Gasteiger partial charge in [0.2, 0.25) is 0 Å². The van der Waals surface area contributed by atoms with Crippen molar-refractivity contribution in [1.82, 2.24) is 0 Å². The fourth-order valence-corrected chi connectivity index (χ4v) is 1.41. The molecule has 2 N–H and O–H groups in total. The Morgan fingerprint density at radius 3 is 2.33 bits per heavy atom. The van der Waals surface area contributed by atoms with E-state index in [0.717, 1.165) is 12.1 Å². The van der Waals surface area contributed by atoms with Gasteiger partial charge in [0, 0.05) is 24.4 Å². The van der Waals surface area contributed by atoms with Gasteiger partial charge in [0.1, 0.15) is 0 Å². The number of aliphatic hydroxyl groups excluding tert-OH is 1. The number of halogens is 3. The SMILES string of the molecule is CC(C)Oc1c(F)cc(NCC(O)CCl)cc1F. The van der Waals surface area contributed by atoms with Crippen molar-refractivity contribution in [2.45, 2.75) is 26.1 Å². The van der Waals surface area contributed by atoms with Crippen LogP contribution in [0.5, 0.6) is 5.75 Å². The number of hydrogen-bond acceptors (Lipinski definition) is 3. The molecule has 1 unspecified atom stereocenters. The van der Waals surface area contributed by atoms with Gasteiger partial charge in [-0.3, -0.25) is 0 Å². The van der Waals surface area contributed by atoms with E-state index >= 15 is 0 Å². The molecule has 0 radical (unpaired) electrons. The second-order valence-corrected chi connectivity index (χ2v) is 4.43. The Bertz CT molecular complexity index is 379. The summed E-state index contributed by atoms with van der Waals surface area (Å²) in [6, 6.07) is 2.23. The number of hydrogen-bond donors (Lipinski definition) is 2. The summed E-state index contributed by atoms with van der Waals surface area (Å²) in [6.45, 7) is 3.48. The summed E-state index contributed by atoms with van der Waals surface area (Å²) in [4.78, 5) is 0. The third kappa shape index (κ3) is 4.31. The zero-order valence-corrected chi connectivity index (χ0v) is 11.0. The van der Waals surface area contributed by atoms with Gasteiger partial charge >= 0.3 is 0 Å². The zero-order valence-electron chi connectivity index (χ0n) is 10.2. The third-order valence-electron chi connectivity index (χ3n) is 2.07. The van der Waals surface area contributed by atoms with Crippen molar-refractivity contribution in [3.63, 3.8) is 0 Å². The maximum Gasteiger partial charge on any atom is 0.191 e. The van der Waals surface area contributed by atoms with Crippen LogP contribution < -0.4 is 10.1 Å². The summed E-state index contributed by atoms with van der Waals surface area (Å²) >= 11 is 5.41. The average molecular weight is 280 g/mol. The van der Waals surface area contributed by atoms with E-state index in [2.05, 4.69) is 5.32 Å². The molecule has 6 heteroatoms. The van der Waals surface area contributed by atoms with E-state index in [-0.39, 0.29) is 24.2 Å². The van der Waals surface area contributed by atoms with E-state index in [1.807, 2.05) is 0 Å².